The normalized spacial score (nSPS) is 12.0. The van der Waals surface area contributed by atoms with E-state index in [1.807, 2.05) is 55.4 Å². The Morgan fingerprint density at radius 2 is 0.514 bits per heavy atom. The average Bonchev–Trinajstić information content (AvgIpc) is 3.38. The highest BCUT2D eigenvalue weighted by atomic mass is 14.5. The Hall–Kier alpha value is -3.12. The van der Waals surface area contributed by atoms with Crippen molar-refractivity contribution >= 4 is 0 Å². The first-order chi connectivity index (χ1) is 18.0. The summed E-state index contributed by atoms with van der Waals surface area (Å²) in [7, 11) is 0. The van der Waals surface area contributed by atoms with Gasteiger partial charge in [-0.1, -0.05) is 150 Å². The zero-order valence-corrected chi connectivity index (χ0v) is 25.4. The van der Waals surface area contributed by atoms with Gasteiger partial charge in [0.2, 0.25) is 0 Å². The van der Waals surface area contributed by atoms with Gasteiger partial charge in [0.1, 0.15) is 0 Å². The molecule has 0 heterocycles. The predicted molar refractivity (Wildman–Crippen MR) is 167 cm³/mol. The molecule has 0 fully saturated rings. The highest BCUT2D eigenvalue weighted by Gasteiger charge is 2.51. The minimum atomic E-state index is -0.217. The third-order valence-electron chi connectivity index (χ3n) is 6.90. The first kappa shape index (κ1) is 30.1. The number of rotatable bonds is 0. The van der Waals surface area contributed by atoms with Crippen molar-refractivity contribution < 1.29 is 0 Å². The van der Waals surface area contributed by atoms with E-state index in [1.165, 1.54) is 66.8 Å². The topological polar surface area (TPSA) is 0 Å². The molecule has 2 aliphatic carbocycles. The molecule has 0 aromatic heterocycles. The lowest BCUT2D eigenvalue weighted by atomic mass is 9.70. The van der Waals surface area contributed by atoms with Gasteiger partial charge in [0.25, 0.3) is 0 Å². The molecule has 0 nitrogen and oxygen atoms in total. The molecular weight excluding hydrogens is 444 g/mol. The summed E-state index contributed by atoms with van der Waals surface area (Å²) < 4.78 is 0. The van der Waals surface area contributed by atoms with E-state index in [-0.39, 0.29) is 5.41 Å². The van der Waals surface area contributed by atoms with E-state index in [0.717, 1.165) is 0 Å². The lowest BCUT2D eigenvalue weighted by Crippen LogP contribution is -2.26. The van der Waals surface area contributed by atoms with Crippen LogP contribution >= 0.6 is 0 Å². The van der Waals surface area contributed by atoms with Crippen molar-refractivity contribution in [3.8, 4) is 22.3 Å². The van der Waals surface area contributed by atoms with E-state index in [4.69, 9.17) is 0 Å². The standard InChI is InChI=1S/C29H24.4C2H6/c1-17-5-9-21-22-10-6-18(2)14-26(22)29(25(21)13-17)27-15-19(3)7-11-23(27)24-12-8-20(4)16-28(24)29;4*1-2/h5-16H,1-4H3;4*1-2H3. The van der Waals surface area contributed by atoms with Gasteiger partial charge in [0, 0.05) is 0 Å². The van der Waals surface area contributed by atoms with Gasteiger partial charge in [-0.2, -0.15) is 0 Å². The summed E-state index contributed by atoms with van der Waals surface area (Å²) in [5, 5.41) is 0. The van der Waals surface area contributed by atoms with Gasteiger partial charge >= 0.3 is 0 Å². The van der Waals surface area contributed by atoms with E-state index in [9.17, 15) is 0 Å². The number of benzene rings is 4. The maximum absolute atomic E-state index is 2.42. The van der Waals surface area contributed by atoms with Crippen LogP contribution in [0.15, 0.2) is 72.8 Å². The van der Waals surface area contributed by atoms with Crippen LogP contribution in [-0.4, -0.2) is 0 Å². The fourth-order valence-corrected chi connectivity index (χ4v) is 5.68. The Kier molecular flexibility index (Phi) is 10.5. The van der Waals surface area contributed by atoms with Crippen LogP contribution in [0.1, 0.15) is 99.9 Å². The largest absolute Gasteiger partial charge is 0.0725 e. The summed E-state index contributed by atoms with van der Waals surface area (Å²) in [6.07, 6.45) is 0. The lowest BCUT2D eigenvalue weighted by Gasteiger charge is -2.31. The van der Waals surface area contributed by atoms with Crippen LogP contribution in [0, 0.1) is 27.7 Å². The number of hydrogen-bond acceptors (Lipinski definition) is 0. The summed E-state index contributed by atoms with van der Waals surface area (Å²) in [6, 6.07) is 28.0. The second-order valence-corrected chi connectivity index (χ2v) is 8.95. The lowest BCUT2D eigenvalue weighted by molar-refractivity contribution is 0.789. The minimum Gasteiger partial charge on any atom is -0.0683 e. The number of aryl methyl sites for hydroxylation is 4. The van der Waals surface area contributed by atoms with Gasteiger partial charge in [-0.05, 0) is 72.2 Å². The number of hydrogen-bond donors (Lipinski definition) is 0. The van der Waals surface area contributed by atoms with Crippen LogP contribution in [0.2, 0.25) is 0 Å². The Labute approximate surface area is 227 Å². The summed E-state index contributed by atoms with van der Waals surface area (Å²) in [5.74, 6) is 0. The van der Waals surface area contributed by atoms with Crippen LogP contribution in [0.25, 0.3) is 22.3 Å². The van der Waals surface area contributed by atoms with Gasteiger partial charge in [0.05, 0.1) is 5.41 Å². The monoisotopic (exact) mass is 492 g/mol. The fraction of sp³-hybridized carbons (Fsp3) is 0.351. The molecule has 0 bridgehead atoms. The Bertz CT molecular complexity index is 1120. The fourth-order valence-electron chi connectivity index (χ4n) is 5.68. The SMILES string of the molecule is CC.CC.CC.CC.Cc1ccc2c(c1)C1(c3cc(C)ccc3-2)c2cc(C)ccc2-c2ccc(C)cc21. The van der Waals surface area contributed by atoms with E-state index in [0.29, 0.717) is 0 Å². The van der Waals surface area contributed by atoms with Gasteiger partial charge in [-0.15, -0.1) is 0 Å². The summed E-state index contributed by atoms with van der Waals surface area (Å²) in [6.45, 7) is 24.9. The average molecular weight is 493 g/mol. The first-order valence-electron chi connectivity index (χ1n) is 14.5. The van der Waals surface area contributed by atoms with Crippen molar-refractivity contribution in [2.75, 3.05) is 0 Å². The van der Waals surface area contributed by atoms with Gasteiger partial charge in [0.15, 0.2) is 0 Å². The Morgan fingerprint density at radius 1 is 0.324 bits per heavy atom. The van der Waals surface area contributed by atoms with Crippen LogP contribution in [0.4, 0.5) is 0 Å². The molecule has 0 amide bonds. The first-order valence-corrected chi connectivity index (χ1v) is 14.5. The molecule has 1 spiro atoms. The van der Waals surface area contributed by atoms with E-state index in [1.54, 1.807) is 0 Å². The van der Waals surface area contributed by atoms with Crippen LogP contribution in [0.5, 0.6) is 0 Å². The van der Waals surface area contributed by atoms with Crippen LogP contribution in [-0.2, 0) is 5.41 Å². The third kappa shape index (κ3) is 4.79. The third-order valence-corrected chi connectivity index (χ3v) is 6.90. The molecule has 2 aliphatic rings. The quantitative estimate of drug-likeness (QED) is 0.198. The van der Waals surface area contributed by atoms with Crippen molar-refractivity contribution in [2.24, 2.45) is 0 Å². The molecule has 0 saturated heterocycles. The molecule has 0 atom stereocenters. The second-order valence-electron chi connectivity index (χ2n) is 8.95. The molecule has 37 heavy (non-hydrogen) atoms. The summed E-state index contributed by atoms with van der Waals surface area (Å²) in [4.78, 5) is 0. The molecule has 0 saturated carbocycles. The zero-order valence-electron chi connectivity index (χ0n) is 25.4. The maximum atomic E-state index is 2.42. The Morgan fingerprint density at radius 3 is 0.703 bits per heavy atom. The molecule has 196 valence electrons. The van der Waals surface area contributed by atoms with Crippen molar-refractivity contribution in [1.82, 2.24) is 0 Å². The highest BCUT2D eigenvalue weighted by molar-refractivity contribution is 5.95. The van der Waals surface area contributed by atoms with Crippen molar-refractivity contribution in [3.05, 3.63) is 117 Å². The van der Waals surface area contributed by atoms with Crippen molar-refractivity contribution in [3.63, 3.8) is 0 Å². The number of fused-ring (bicyclic) bond motifs is 10. The Balaban J connectivity index is 0.000000553. The molecular formula is C37H48. The van der Waals surface area contributed by atoms with Gasteiger partial charge in [-0.25, -0.2) is 0 Å². The molecule has 0 heteroatoms. The molecule has 0 radical (unpaired) electrons. The van der Waals surface area contributed by atoms with E-state index in [2.05, 4.69) is 100 Å². The molecule has 6 rings (SSSR count). The minimum absolute atomic E-state index is 0.217. The molecule has 4 aromatic carbocycles. The van der Waals surface area contributed by atoms with E-state index >= 15 is 0 Å². The van der Waals surface area contributed by atoms with Gasteiger partial charge < -0.3 is 0 Å². The second kappa shape index (κ2) is 12.9. The smallest absolute Gasteiger partial charge is 0.0683 e. The van der Waals surface area contributed by atoms with Crippen molar-refractivity contribution in [1.29, 1.82) is 0 Å². The molecule has 0 N–H and O–H groups in total. The van der Waals surface area contributed by atoms with Crippen LogP contribution < -0.4 is 0 Å². The van der Waals surface area contributed by atoms with Crippen molar-refractivity contribution in [2.45, 2.75) is 88.5 Å². The summed E-state index contributed by atoms with van der Waals surface area (Å²) in [5.41, 5.74) is 16.4. The molecule has 4 aromatic rings. The molecule has 0 unspecified atom stereocenters. The zero-order chi connectivity index (χ0) is 27.9. The van der Waals surface area contributed by atoms with E-state index < -0.39 is 0 Å². The maximum Gasteiger partial charge on any atom is 0.0725 e. The van der Waals surface area contributed by atoms with Crippen LogP contribution in [0.3, 0.4) is 0 Å². The molecule has 0 aliphatic heterocycles. The predicted octanol–water partition coefficient (Wildman–Crippen LogP) is 11.4. The summed E-state index contributed by atoms with van der Waals surface area (Å²) >= 11 is 0. The highest BCUT2D eigenvalue weighted by Crippen LogP contribution is 2.63. The van der Waals surface area contributed by atoms with Gasteiger partial charge in [-0.3, -0.25) is 0 Å².